The number of nitrogens with zero attached hydrogens (tertiary/aromatic N) is 3. The molecule has 5 heteroatoms. The summed E-state index contributed by atoms with van der Waals surface area (Å²) in [6.45, 7) is 8.64. The van der Waals surface area contributed by atoms with Crippen molar-refractivity contribution >= 4 is 11.9 Å². The van der Waals surface area contributed by atoms with Crippen LogP contribution in [0.2, 0.25) is 0 Å². The molecule has 0 radical (unpaired) electrons. The number of aromatic nitrogens is 1. The average molecular weight is 562 g/mol. The van der Waals surface area contributed by atoms with Crippen molar-refractivity contribution in [2.45, 2.75) is 143 Å². The molecule has 5 nitrogen and oxygen atoms in total. The van der Waals surface area contributed by atoms with E-state index in [1.54, 1.807) is 13.1 Å². The number of aryl methyl sites for hydroxylation is 1. The molecular formula is C36H55N3O2. The highest BCUT2D eigenvalue weighted by Crippen LogP contribution is 2.24. The maximum absolute atomic E-state index is 13.0. The second-order valence-electron chi connectivity index (χ2n) is 11.7. The summed E-state index contributed by atoms with van der Waals surface area (Å²) in [6, 6.07) is 10.3. The molecule has 0 aliphatic carbocycles. The fraction of sp³-hybridized carbons (Fsp3) is 0.639. The van der Waals surface area contributed by atoms with Gasteiger partial charge in [0.25, 0.3) is 5.56 Å². The van der Waals surface area contributed by atoms with Crippen LogP contribution >= 0.6 is 0 Å². The highest BCUT2D eigenvalue weighted by atomic mass is 16.3. The zero-order valence-electron chi connectivity index (χ0n) is 26.4. The second kappa shape index (κ2) is 20.1. The van der Waals surface area contributed by atoms with Crippen LogP contribution in [0, 0.1) is 24.2 Å². The summed E-state index contributed by atoms with van der Waals surface area (Å²) < 4.78 is 1.37. The normalized spacial score (nSPS) is 12.2. The van der Waals surface area contributed by atoms with Crippen LogP contribution in [-0.2, 0) is 13.0 Å². The van der Waals surface area contributed by atoms with E-state index in [1.165, 1.54) is 87.2 Å². The Balaban J connectivity index is 1.90. The lowest BCUT2D eigenvalue weighted by molar-refractivity contribution is 0.339. The minimum Gasteiger partial charge on any atom is -0.494 e. The summed E-state index contributed by atoms with van der Waals surface area (Å²) in [5, 5.41) is 20.7. The van der Waals surface area contributed by atoms with Gasteiger partial charge in [-0.25, -0.2) is 0 Å². The van der Waals surface area contributed by atoms with Gasteiger partial charge in [-0.15, -0.1) is 0 Å². The number of hydrogen-bond acceptors (Lipinski definition) is 4. The summed E-state index contributed by atoms with van der Waals surface area (Å²) in [5.74, 6) is 0.170. The third kappa shape index (κ3) is 11.9. The van der Waals surface area contributed by atoms with Crippen LogP contribution in [0.4, 0.5) is 5.69 Å². The van der Waals surface area contributed by atoms with E-state index in [0.717, 1.165) is 37.8 Å². The molecule has 1 atom stereocenters. The van der Waals surface area contributed by atoms with Crippen LogP contribution in [0.5, 0.6) is 5.88 Å². The molecule has 1 heterocycles. The van der Waals surface area contributed by atoms with E-state index >= 15 is 0 Å². The van der Waals surface area contributed by atoms with Gasteiger partial charge in [-0.05, 0) is 55.4 Å². The Kier molecular flexibility index (Phi) is 16.8. The van der Waals surface area contributed by atoms with E-state index < -0.39 is 5.56 Å². The molecule has 2 aromatic rings. The Morgan fingerprint density at radius 3 is 1.98 bits per heavy atom. The van der Waals surface area contributed by atoms with Gasteiger partial charge < -0.3 is 5.11 Å². The Bertz CT molecular complexity index is 1140. The number of hydrogen-bond donors (Lipinski definition) is 1. The second-order valence-corrected chi connectivity index (χ2v) is 11.7. The number of aromatic hydroxyl groups is 1. The topological polar surface area (TPSA) is 78.4 Å². The first-order chi connectivity index (χ1) is 20.0. The molecule has 1 N–H and O–H groups in total. The lowest BCUT2D eigenvalue weighted by Crippen LogP contribution is -2.28. The van der Waals surface area contributed by atoms with Gasteiger partial charge in [0.2, 0.25) is 5.88 Å². The van der Waals surface area contributed by atoms with Gasteiger partial charge in [-0.1, -0.05) is 123 Å². The van der Waals surface area contributed by atoms with Gasteiger partial charge in [0, 0.05) is 12.8 Å². The Labute approximate surface area is 249 Å². The van der Waals surface area contributed by atoms with Crippen LogP contribution in [0.15, 0.2) is 34.1 Å². The van der Waals surface area contributed by atoms with E-state index in [9.17, 15) is 15.2 Å². The molecule has 0 bridgehead atoms. The molecular weight excluding hydrogens is 506 g/mol. The van der Waals surface area contributed by atoms with E-state index in [1.807, 2.05) is 12.1 Å². The molecule has 2 rings (SSSR count). The molecule has 1 unspecified atom stereocenters. The molecule has 0 aliphatic heterocycles. The molecule has 1 aromatic carbocycles. The fourth-order valence-electron chi connectivity index (χ4n) is 5.53. The van der Waals surface area contributed by atoms with Gasteiger partial charge in [0.15, 0.2) is 0 Å². The lowest BCUT2D eigenvalue weighted by atomic mass is 9.98. The summed E-state index contributed by atoms with van der Waals surface area (Å²) in [5.41, 5.74) is 2.66. The molecule has 226 valence electrons. The Hall–Kier alpha value is -2.87. The first-order valence-corrected chi connectivity index (χ1v) is 16.5. The van der Waals surface area contributed by atoms with Crippen molar-refractivity contribution < 1.29 is 5.11 Å². The predicted molar refractivity (Wildman–Crippen MR) is 174 cm³/mol. The van der Waals surface area contributed by atoms with Gasteiger partial charge in [-0.3, -0.25) is 14.4 Å². The van der Waals surface area contributed by atoms with Crippen molar-refractivity contribution in [2.75, 3.05) is 0 Å². The van der Waals surface area contributed by atoms with Crippen molar-refractivity contribution in [1.82, 2.24) is 4.57 Å². The zero-order chi connectivity index (χ0) is 29.9. The molecule has 0 aliphatic rings. The van der Waals surface area contributed by atoms with E-state index in [2.05, 4.69) is 44.0 Å². The standard InChI is InChI=1S/C36H55N3O2/c1-5-8-10-11-12-13-14-15-16-17-18-19-21-31-22-24-32(25-23-31)38-27-34-29(4)33(26-37)35(40)39(36(34)41)28-30(7-3)20-9-6-2/h22-25,27,30,41H,5-21,28H2,1-4H3. The summed E-state index contributed by atoms with van der Waals surface area (Å²) in [4.78, 5) is 17.6. The summed E-state index contributed by atoms with van der Waals surface area (Å²) in [6.07, 6.45) is 23.0. The number of pyridine rings is 1. The smallest absolute Gasteiger partial charge is 0.271 e. The first-order valence-electron chi connectivity index (χ1n) is 16.5. The predicted octanol–water partition coefficient (Wildman–Crippen LogP) is 9.94. The number of nitriles is 1. The molecule has 0 saturated carbocycles. The molecule has 0 fully saturated rings. The fourth-order valence-corrected chi connectivity index (χ4v) is 5.53. The quantitative estimate of drug-likeness (QED) is 0.122. The number of aliphatic imine (C=N–C) groups is 1. The highest BCUT2D eigenvalue weighted by molar-refractivity contribution is 5.87. The Morgan fingerprint density at radius 2 is 1.44 bits per heavy atom. The van der Waals surface area contributed by atoms with Crippen LogP contribution < -0.4 is 5.56 Å². The van der Waals surface area contributed by atoms with Crippen molar-refractivity contribution in [3.63, 3.8) is 0 Å². The lowest BCUT2D eigenvalue weighted by Gasteiger charge is -2.19. The molecule has 0 spiro atoms. The van der Waals surface area contributed by atoms with Crippen LogP contribution in [-0.4, -0.2) is 15.9 Å². The van der Waals surface area contributed by atoms with E-state index in [-0.39, 0.29) is 17.4 Å². The molecule has 1 aromatic heterocycles. The Morgan fingerprint density at radius 1 is 0.878 bits per heavy atom. The molecule has 0 amide bonds. The van der Waals surface area contributed by atoms with Gasteiger partial charge in [-0.2, -0.15) is 5.26 Å². The SMILES string of the molecule is CCCCCCCCCCCCCCc1ccc(N=Cc2c(C)c(C#N)c(=O)n(CC(CC)CCCC)c2O)cc1. The van der Waals surface area contributed by atoms with Crippen molar-refractivity contribution in [1.29, 1.82) is 5.26 Å². The molecule has 41 heavy (non-hydrogen) atoms. The minimum absolute atomic E-state index is 0.0763. The third-order valence-corrected chi connectivity index (χ3v) is 8.43. The highest BCUT2D eigenvalue weighted by Gasteiger charge is 2.20. The summed E-state index contributed by atoms with van der Waals surface area (Å²) >= 11 is 0. The van der Waals surface area contributed by atoms with Gasteiger partial charge in [0.05, 0.1) is 11.3 Å². The monoisotopic (exact) mass is 561 g/mol. The van der Waals surface area contributed by atoms with Crippen molar-refractivity contribution in [3.05, 3.63) is 56.9 Å². The van der Waals surface area contributed by atoms with Crippen LogP contribution in [0.1, 0.15) is 146 Å². The van der Waals surface area contributed by atoms with Gasteiger partial charge >= 0.3 is 0 Å². The van der Waals surface area contributed by atoms with Gasteiger partial charge in [0.1, 0.15) is 11.6 Å². The summed E-state index contributed by atoms with van der Waals surface area (Å²) in [7, 11) is 0. The third-order valence-electron chi connectivity index (χ3n) is 8.43. The number of unbranched alkanes of at least 4 members (excludes halogenated alkanes) is 12. The van der Waals surface area contributed by atoms with Crippen LogP contribution in [0.25, 0.3) is 0 Å². The van der Waals surface area contributed by atoms with E-state index in [4.69, 9.17) is 0 Å². The first kappa shape index (κ1) is 34.3. The minimum atomic E-state index is -0.420. The zero-order valence-corrected chi connectivity index (χ0v) is 26.4. The maximum atomic E-state index is 13.0. The van der Waals surface area contributed by atoms with Crippen LogP contribution in [0.3, 0.4) is 0 Å². The number of rotatable bonds is 21. The van der Waals surface area contributed by atoms with Crippen molar-refractivity contribution in [3.8, 4) is 11.9 Å². The largest absolute Gasteiger partial charge is 0.494 e. The molecule has 0 saturated heterocycles. The maximum Gasteiger partial charge on any atom is 0.271 e. The average Bonchev–Trinajstić information content (AvgIpc) is 2.98. The number of benzene rings is 1. The van der Waals surface area contributed by atoms with Crippen molar-refractivity contribution in [2.24, 2.45) is 10.9 Å². The van der Waals surface area contributed by atoms with E-state index in [0.29, 0.717) is 17.7 Å².